The molecule has 248 valence electrons. The molecule has 2 bridgehead atoms. The first-order valence-electron chi connectivity index (χ1n) is 16.2. The molecule has 13 heteroatoms. The number of likely N-dealkylation sites (tertiary alicyclic amines) is 1. The van der Waals surface area contributed by atoms with Gasteiger partial charge in [0.25, 0.3) is 5.56 Å². The van der Waals surface area contributed by atoms with Gasteiger partial charge < -0.3 is 23.8 Å². The van der Waals surface area contributed by atoms with Crippen LogP contribution in [0.4, 0.5) is 10.7 Å². The third kappa shape index (κ3) is 6.18. The first kappa shape index (κ1) is 32.6. The van der Waals surface area contributed by atoms with Crippen LogP contribution in [0.1, 0.15) is 40.5 Å². The van der Waals surface area contributed by atoms with E-state index in [1.54, 1.807) is 16.5 Å². The molecular weight excluding hydrogens is 622 g/mol. The van der Waals surface area contributed by atoms with Crippen LogP contribution < -0.4 is 10.5 Å². The lowest BCUT2D eigenvalue weighted by atomic mass is 10.0. The maximum Gasteiger partial charge on any atom is 0.410 e. The summed E-state index contributed by atoms with van der Waals surface area (Å²) in [5, 5.41) is 6.51. The minimum Gasteiger partial charge on any atom is -0.444 e. The summed E-state index contributed by atoms with van der Waals surface area (Å²) in [5.41, 5.74) is 2.14. The molecule has 2 aliphatic heterocycles. The topological polar surface area (TPSA) is 99.6 Å². The van der Waals surface area contributed by atoms with Crippen molar-refractivity contribution in [1.29, 1.82) is 0 Å². The summed E-state index contributed by atoms with van der Waals surface area (Å²) in [6.45, 7) is 17.3. The van der Waals surface area contributed by atoms with Gasteiger partial charge in [-0.1, -0.05) is 37.3 Å². The fourth-order valence-corrected chi connectivity index (χ4v) is 7.63. The van der Waals surface area contributed by atoms with E-state index in [-0.39, 0.29) is 30.5 Å². The highest BCUT2D eigenvalue weighted by atomic mass is 35.5. The Hall–Kier alpha value is -3.35. The molecule has 1 amide bonds. The molecule has 1 aromatic carbocycles. The van der Waals surface area contributed by atoms with E-state index in [2.05, 4.69) is 29.6 Å². The lowest BCUT2D eigenvalue weighted by molar-refractivity contribution is 0.0208. The van der Waals surface area contributed by atoms with Gasteiger partial charge in [-0.05, 0) is 52.6 Å². The van der Waals surface area contributed by atoms with Gasteiger partial charge in [0.2, 0.25) is 5.95 Å². The van der Waals surface area contributed by atoms with Crippen LogP contribution in [0.2, 0.25) is 30.7 Å². The molecule has 0 aliphatic carbocycles. The van der Waals surface area contributed by atoms with Crippen molar-refractivity contribution in [2.24, 2.45) is 7.05 Å². The minimum absolute atomic E-state index is 0.0321. The summed E-state index contributed by atoms with van der Waals surface area (Å²) in [7, 11) is 0.496. The fourth-order valence-electron chi connectivity index (χ4n) is 6.56. The highest BCUT2D eigenvalue weighted by Crippen LogP contribution is 2.39. The lowest BCUT2D eigenvalue weighted by Gasteiger charge is -2.42. The molecule has 11 nitrogen and oxygen atoms in total. The number of halogens is 1. The Balaban J connectivity index is 1.42. The smallest absolute Gasteiger partial charge is 0.410 e. The number of aryl methyl sites for hydroxylation is 1. The van der Waals surface area contributed by atoms with Crippen LogP contribution in [-0.2, 0) is 29.8 Å². The molecule has 2 unspecified atom stereocenters. The van der Waals surface area contributed by atoms with Gasteiger partial charge in [-0.3, -0.25) is 14.0 Å². The summed E-state index contributed by atoms with van der Waals surface area (Å²) in [6, 6.07) is 4.99. The van der Waals surface area contributed by atoms with Gasteiger partial charge in [0.05, 0.1) is 28.0 Å². The van der Waals surface area contributed by atoms with Crippen molar-refractivity contribution in [2.45, 2.75) is 97.2 Å². The Kier molecular flexibility index (Phi) is 8.52. The maximum atomic E-state index is 14.4. The van der Waals surface area contributed by atoms with E-state index in [4.69, 9.17) is 26.1 Å². The summed E-state index contributed by atoms with van der Waals surface area (Å²) in [5.74, 6) is 0.604. The molecule has 2 fully saturated rings. The molecule has 2 saturated heterocycles. The number of piperazine rings is 1. The van der Waals surface area contributed by atoms with E-state index in [1.165, 1.54) is 0 Å². The monoisotopic (exact) mass is 667 g/mol. The second-order valence-electron chi connectivity index (χ2n) is 14.9. The summed E-state index contributed by atoms with van der Waals surface area (Å²) < 4.78 is 17.3. The molecule has 4 aromatic rings. The molecule has 5 heterocycles. The Labute approximate surface area is 276 Å². The zero-order valence-electron chi connectivity index (χ0n) is 28.3. The number of carbonyl (C=O) groups excluding carboxylic acids is 1. The average molecular weight is 668 g/mol. The minimum atomic E-state index is -1.29. The van der Waals surface area contributed by atoms with Crippen molar-refractivity contribution >= 4 is 53.7 Å². The van der Waals surface area contributed by atoms with Crippen molar-refractivity contribution in [3.05, 3.63) is 39.9 Å². The average Bonchev–Trinajstić information content (AvgIpc) is 3.63. The number of rotatable bonds is 8. The van der Waals surface area contributed by atoms with Crippen LogP contribution in [0.3, 0.4) is 0 Å². The van der Waals surface area contributed by atoms with Gasteiger partial charge in [-0.15, -0.1) is 0 Å². The first-order valence-corrected chi connectivity index (χ1v) is 20.3. The zero-order chi connectivity index (χ0) is 33.1. The predicted molar refractivity (Wildman–Crippen MR) is 186 cm³/mol. The van der Waals surface area contributed by atoms with Gasteiger partial charge in [-0.2, -0.15) is 10.1 Å². The van der Waals surface area contributed by atoms with Gasteiger partial charge in [0.15, 0.2) is 5.65 Å². The molecule has 6 rings (SSSR count). The zero-order valence-corrected chi connectivity index (χ0v) is 30.0. The molecule has 0 N–H and O–H groups in total. The molecule has 2 aliphatic rings. The number of hydrogen-bond donors (Lipinski definition) is 0. The molecule has 0 radical (unpaired) electrons. The van der Waals surface area contributed by atoms with Gasteiger partial charge in [-0.25, -0.2) is 4.79 Å². The first-order chi connectivity index (χ1) is 21.6. The summed E-state index contributed by atoms with van der Waals surface area (Å²) >= 11 is 7.03. The summed E-state index contributed by atoms with van der Waals surface area (Å²) in [4.78, 5) is 36.5. The third-order valence-electron chi connectivity index (χ3n) is 8.95. The number of amides is 1. The van der Waals surface area contributed by atoms with Crippen molar-refractivity contribution in [3.63, 3.8) is 0 Å². The van der Waals surface area contributed by atoms with Crippen molar-refractivity contribution < 1.29 is 14.3 Å². The van der Waals surface area contributed by atoms with Crippen LogP contribution in [0.25, 0.3) is 33.1 Å². The van der Waals surface area contributed by atoms with Crippen molar-refractivity contribution in [2.75, 3.05) is 24.6 Å². The number of ether oxygens (including phenoxy) is 2. The second kappa shape index (κ2) is 12.0. The van der Waals surface area contributed by atoms with Gasteiger partial charge in [0, 0.05) is 70.3 Å². The van der Waals surface area contributed by atoms with E-state index < -0.39 is 13.7 Å². The molecule has 46 heavy (non-hydrogen) atoms. The van der Waals surface area contributed by atoms with Crippen LogP contribution in [0.15, 0.2) is 29.3 Å². The largest absolute Gasteiger partial charge is 0.444 e. The third-order valence-corrected chi connectivity index (χ3v) is 11.1. The van der Waals surface area contributed by atoms with E-state index in [1.807, 2.05) is 61.5 Å². The predicted octanol–water partition coefficient (Wildman–Crippen LogP) is 6.33. The normalized spacial score (nSPS) is 18.7. The Morgan fingerprint density at radius 3 is 2.41 bits per heavy atom. The van der Waals surface area contributed by atoms with Crippen LogP contribution in [0, 0.1) is 0 Å². The molecule has 2 atom stereocenters. The van der Waals surface area contributed by atoms with Crippen molar-refractivity contribution in [1.82, 2.24) is 28.8 Å². The Bertz CT molecular complexity index is 1840. The molecular formula is C33H46ClN7O4Si. The van der Waals surface area contributed by atoms with E-state index in [0.717, 1.165) is 47.5 Å². The van der Waals surface area contributed by atoms with Crippen LogP contribution >= 0.6 is 11.6 Å². The van der Waals surface area contributed by atoms with E-state index in [0.29, 0.717) is 41.7 Å². The number of benzene rings is 1. The number of aromatic nitrogens is 5. The number of carbonyl (C=O) groups is 1. The van der Waals surface area contributed by atoms with Gasteiger partial charge >= 0.3 is 6.09 Å². The number of fused-ring (bicyclic) bond motifs is 4. The Morgan fingerprint density at radius 2 is 1.78 bits per heavy atom. The molecule has 3 aromatic heterocycles. The number of nitrogens with zero attached hydrogens (tertiary/aromatic N) is 7. The second-order valence-corrected chi connectivity index (χ2v) is 20.9. The van der Waals surface area contributed by atoms with E-state index in [9.17, 15) is 9.59 Å². The fraction of sp³-hybridized carbons (Fsp3) is 0.576. The number of anilines is 1. The highest BCUT2D eigenvalue weighted by Gasteiger charge is 2.44. The maximum absolute atomic E-state index is 14.4. The summed E-state index contributed by atoms with van der Waals surface area (Å²) in [6.07, 6.45) is 5.41. The quantitative estimate of drug-likeness (QED) is 0.160. The van der Waals surface area contributed by atoms with Gasteiger partial charge in [0.1, 0.15) is 12.3 Å². The van der Waals surface area contributed by atoms with Crippen molar-refractivity contribution in [3.8, 4) is 11.1 Å². The standard InChI is InChI=1S/C33H46ClN7O4Si/c1-9-40-19-25-26(36-40)13-12-23(28(25)34)24-18-39(20-44-14-15-46(6,7)8)29-27(24)30(42)37(5)31(35-29)41-21-10-11-22(41)17-38(16-21)32(43)45-33(2,3)4/h12-13,18-19,21-22H,9-11,14-17,20H2,1-8H3. The Morgan fingerprint density at radius 1 is 1.09 bits per heavy atom. The lowest BCUT2D eigenvalue weighted by Crippen LogP contribution is -2.57. The van der Waals surface area contributed by atoms with Crippen LogP contribution in [-0.4, -0.2) is 80.3 Å². The molecule has 0 spiro atoms. The highest BCUT2D eigenvalue weighted by molar-refractivity contribution is 6.76. The molecule has 0 saturated carbocycles. The SMILES string of the molecule is CCn1cc2c(Cl)c(-c3cn(COCC[Si](C)(C)C)c4nc(N5C6CCC5CN(C(=O)OC(C)(C)C)C6)n(C)c(=O)c34)ccc2n1. The number of hydrogen-bond acceptors (Lipinski definition) is 7. The van der Waals surface area contributed by atoms with E-state index >= 15 is 0 Å². The van der Waals surface area contributed by atoms with Crippen LogP contribution in [0.5, 0.6) is 0 Å².